The van der Waals surface area contributed by atoms with E-state index in [-0.39, 0.29) is 24.8 Å². The molecule has 6 nitrogen and oxygen atoms in total. The predicted octanol–water partition coefficient (Wildman–Crippen LogP) is 5.58. The lowest BCUT2D eigenvalue weighted by molar-refractivity contribution is -0.124. The van der Waals surface area contributed by atoms with E-state index in [4.69, 9.17) is 5.73 Å². The highest BCUT2D eigenvalue weighted by atomic mass is 16.2. The molecule has 1 atom stereocenters. The average Bonchev–Trinajstić information content (AvgIpc) is 2.92. The Balaban J connectivity index is 1.72. The number of hydrogen-bond acceptors (Lipinski definition) is 4. The largest absolute Gasteiger partial charge is 0.352 e. The van der Waals surface area contributed by atoms with E-state index in [0.717, 1.165) is 36.7 Å². The van der Waals surface area contributed by atoms with E-state index in [1.54, 1.807) is 12.1 Å². The van der Waals surface area contributed by atoms with Crippen LogP contribution in [0.15, 0.2) is 48.5 Å². The molecule has 2 aromatic carbocycles. The first-order valence-electron chi connectivity index (χ1n) is 14.0. The van der Waals surface area contributed by atoms with Gasteiger partial charge in [-0.25, -0.2) is 0 Å². The Morgan fingerprint density at radius 1 is 0.838 bits per heavy atom. The van der Waals surface area contributed by atoms with Crippen LogP contribution in [0.2, 0.25) is 0 Å². The Morgan fingerprint density at radius 3 is 2.08 bits per heavy atom. The smallest absolute Gasteiger partial charge is 0.251 e. The molecule has 2 aromatic rings. The molecule has 2 rings (SSSR count). The highest BCUT2D eigenvalue weighted by Gasteiger charge is 2.12. The first-order chi connectivity index (χ1) is 18.1. The first-order valence-corrected chi connectivity index (χ1v) is 14.0. The number of nitrogens with one attached hydrogen (secondary N) is 2. The van der Waals surface area contributed by atoms with Crippen molar-refractivity contribution in [3.63, 3.8) is 0 Å². The van der Waals surface area contributed by atoms with Crippen molar-refractivity contribution in [1.29, 1.82) is 0 Å². The van der Waals surface area contributed by atoms with Crippen molar-refractivity contribution in [3.05, 3.63) is 59.7 Å². The van der Waals surface area contributed by atoms with Crippen molar-refractivity contribution < 1.29 is 14.4 Å². The second kappa shape index (κ2) is 18.3. The van der Waals surface area contributed by atoms with Crippen molar-refractivity contribution in [2.24, 2.45) is 5.73 Å². The van der Waals surface area contributed by atoms with Gasteiger partial charge in [-0.15, -0.1) is 0 Å². The van der Waals surface area contributed by atoms with Gasteiger partial charge in [-0.3, -0.25) is 9.59 Å². The summed E-state index contributed by atoms with van der Waals surface area (Å²) in [5, 5.41) is 5.47. The monoisotopic (exact) mass is 507 g/mol. The quantitative estimate of drug-likeness (QED) is 0.171. The SMILES string of the molecule is CCCCCCCCCc1ccc(-c2ccc(C(=O)NCCC(=O)NC(C=O)CCCCN)cc2)cc1. The van der Waals surface area contributed by atoms with Gasteiger partial charge in [0.05, 0.1) is 6.04 Å². The number of aldehydes is 1. The van der Waals surface area contributed by atoms with E-state index in [1.165, 1.54) is 50.5 Å². The first kappa shape index (κ1) is 30.2. The van der Waals surface area contributed by atoms with Crippen LogP contribution in [0.25, 0.3) is 11.1 Å². The van der Waals surface area contributed by atoms with Gasteiger partial charge >= 0.3 is 0 Å². The van der Waals surface area contributed by atoms with E-state index >= 15 is 0 Å². The normalized spacial score (nSPS) is 11.6. The fourth-order valence-electron chi connectivity index (χ4n) is 4.32. The van der Waals surface area contributed by atoms with Crippen LogP contribution >= 0.6 is 0 Å². The lowest BCUT2D eigenvalue weighted by atomic mass is 10.00. The third-order valence-electron chi connectivity index (χ3n) is 6.62. The fourth-order valence-corrected chi connectivity index (χ4v) is 4.32. The van der Waals surface area contributed by atoms with Gasteiger partial charge < -0.3 is 21.2 Å². The van der Waals surface area contributed by atoms with Gasteiger partial charge in [-0.1, -0.05) is 81.8 Å². The highest BCUT2D eigenvalue weighted by molar-refractivity contribution is 5.95. The summed E-state index contributed by atoms with van der Waals surface area (Å²) in [5.74, 6) is -0.477. The summed E-state index contributed by atoms with van der Waals surface area (Å²) >= 11 is 0. The van der Waals surface area contributed by atoms with Crippen LogP contribution in [0.1, 0.15) is 93.5 Å². The van der Waals surface area contributed by atoms with Crippen LogP contribution in [0.4, 0.5) is 0 Å². The lowest BCUT2D eigenvalue weighted by Crippen LogP contribution is -2.38. The van der Waals surface area contributed by atoms with E-state index in [9.17, 15) is 14.4 Å². The molecular weight excluding hydrogens is 462 g/mol. The Bertz CT molecular complexity index is 926. The Kier molecular flexibility index (Phi) is 14.9. The van der Waals surface area contributed by atoms with Gasteiger partial charge in [0, 0.05) is 18.5 Å². The molecule has 0 saturated heterocycles. The minimum atomic E-state index is -0.503. The number of rotatable bonds is 19. The van der Waals surface area contributed by atoms with Gasteiger partial charge in [-0.2, -0.15) is 0 Å². The van der Waals surface area contributed by atoms with Crippen LogP contribution < -0.4 is 16.4 Å². The molecule has 0 bridgehead atoms. The lowest BCUT2D eigenvalue weighted by Gasteiger charge is -2.12. The molecule has 37 heavy (non-hydrogen) atoms. The average molecular weight is 508 g/mol. The van der Waals surface area contributed by atoms with Gasteiger partial charge in [0.1, 0.15) is 6.29 Å². The zero-order valence-electron chi connectivity index (χ0n) is 22.5. The number of aryl methyl sites for hydroxylation is 1. The number of benzene rings is 2. The molecular formula is C31H45N3O3. The minimum Gasteiger partial charge on any atom is -0.352 e. The van der Waals surface area contributed by atoms with Crippen LogP contribution in [0.3, 0.4) is 0 Å². The second-order valence-corrected chi connectivity index (χ2v) is 9.75. The highest BCUT2D eigenvalue weighted by Crippen LogP contribution is 2.21. The molecule has 0 heterocycles. The van der Waals surface area contributed by atoms with E-state index < -0.39 is 6.04 Å². The van der Waals surface area contributed by atoms with Crippen molar-refractivity contribution in [1.82, 2.24) is 10.6 Å². The number of carbonyl (C=O) groups excluding carboxylic acids is 3. The predicted molar refractivity (Wildman–Crippen MR) is 151 cm³/mol. The molecule has 0 aromatic heterocycles. The summed E-state index contributed by atoms with van der Waals surface area (Å²) in [7, 11) is 0. The Labute approximate surface area is 222 Å². The molecule has 2 amide bonds. The number of amides is 2. The van der Waals surface area contributed by atoms with E-state index in [1.807, 2.05) is 12.1 Å². The molecule has 0 fully saturated rings. The maximum Gasteiger partial charge on any atom is 0.251 e. The molecule has 1 unspecified atom stereocenters. The summed E-state index contributed by atoms with van der Waals surface area (Å²) in [6.07, 6.45) is 13.4. The van der Waals surface area contributed by atoms with E-state index in [2.05, 4.69) is 41.8 Å². The number of carbonyl (C=O) groups is 3. The standard InChI is InChI=1S/C31H45N3O3/c1-2-3-4-5-6-7-8-11-25-13-15-26(16-14-25)27-17-19-28(20-18-27)31(37)33-23-21-30(36)34-29(24-35)12-9-10-22-32/h13-20,24,29H,2-12,21-23,32H2,1H3,(H,33,37)(H,34,36). The van der Waals surface area contributed by atoms with Gasteiger partial charge in [0.15, 0.2) is 0 Å². The summed E-state index contributed by atoms with van der Waals surface area (Å²) in [5.41, 5.74) is 9.57. The van der Waals surface area contributed by atoms with Crippen LogP contribution in [0, 0.1) is 0 Å². The third kappa shape index (κ3) is 12.2. The molecule has 0 spiro atoms. The summed E-state index contributed by atoms with van der Waals surface area (Å²) in [6.45, 7) is 3.03. The van der Waals surface area contributed by atoms with Gasteiger partial charge in [0.25, 0.3) is 5.91 Å². The number of unbranched alkanes of at least 4 members (excludes halogenated alkanes) is 7. The molecule has 0 aliphatic carbocycles. The summed E-state index contributed by atoms with van der Waals surface area (Å²) in [4.78, 5) is 35.6. The zero-order chi connectivity index (χ0) is 26.7. The molecule has 0 aliphatic rings. The van der Waals surface area contributed by atoms with Crippen molar-refractivity contribution >= 4 is 18.1 Å². The molecule has 6 heteroatoms. The van der Waals surface area contributed by atoms with Crippen molar-refractivity contribution in [2.75, 3.05) is 13.1 Å². The fraction of sp³-hybridized carbons (Fsp3) is 0.516. The van der Waals surface area contributed by atoms with Crippen LogP contribution in [-0.4, -0.2) is 37.2 Å². The van der Waals surface area contributed by atoms with Gasteiger partial charge in [0.2, 0.25) is 5.91 Å². The molecule has 0 radical (unpaired) electrons. The van der Waals surface area contributed by atoms with Crippen molar-refractivity contribution in [3.8, 4) is 11.1 Å². The molecule has 0 aliphatic heterocycles. The van der Waals surface area contributed by atoms with Gasteiger partial charge in [-0.05, 0) is 67.5 Å². The number of hydrogen-bond donors (Lipinski definition) is 3. The summed E-state index contributed by atoms with van der Waals surface area (Å²) < 4.78 is 0. The topological polar surface area (TPSA) is 101 Å². The Hall–Kier alpha value is -2.99. The van der Waals surface area contributed by atoms with Crippen LogP contribution in [-0.2, 0) is 16.0 Å². The molecule has 0 saturated carbocycles. The molecule has 4 N–H and O–H groups in total. The van der Waals surface area contributed by atoms with Crippen LogP contribution in [0.5, 0.6) is 0 Å². The third-order valence-corrected chi connectivity index (χ3v) is 6.62. The van der Waals surface area contributed by atoms with E-state index in [0.29, 0.717) is 18.5 Å². The zero-order valence-corrected chi connectivity index (χ0v) is 22.5. The summed E-state index contributed by atoms with van der Waals surface area (Å²) in [6, 6.07) is 15.7. The maximum absolute atomic E-state index is 12.5. The Morgan fingerprint density at radius 2 is 1.46 bits per heavy atom. The molecule has 202 valence electrons. The van der Waals surface area contributed by atoms with Crippen molar-refractivity contribution in [2.45, 2.75) is 90.0 Å². The second-order valence-electron chi connectivity index (χ2n) is 9.75. The number of nitrogens with two attached hydrogens (primary N) is 1. The minimum absolute atomic E-state index is 0.121. The maximum atomic E-state index is 12.5.